The summed E-state index contributed by atoms with van der Waals surface area (Å²) in [4.78, 5) is 6.92. The third-order valence-corrected chi connectivity index (χ3v) is 3.67. The van der Waals surface area contributed by atoms with Crippen LogP contribution in [0.2, 0.25) is 0 Å². The molecular formula is C19H35IN4O. The molecule has 0 spiro atoms. The highest BCUT2D eigenvalue weighted by molar-refractivity contribution is 14.0. The van der Waals surface area contributed by atoms with Crippen LogP contribution in [0.5, 0.6) is 5.75 Å². The molecule has 1 aromatic carbocycles. The van der Waals surface area contributed by atoms with Gasteiger partial charge in [0.2, 0.25) is 0 Å². The van der Waals surface area contributed by atoms with Crippen molar-refractivity contribution in [1.29, 1.82) is 0 Å². The van der Waals surface area contributed by atoms with Crippen molar-refractivity contribution in [2.75, 3.05) is 40.8 Å². The fourth-order valence-corrected chi connectivity index (χ4v) is 2.72. The van der Waals surface area contributed by atoms with Crippen LogP contribution in [-0.2, 0) is 6.54 Å². The molecule has 0 aliphatic heterocycles. The SMILES string of the molecule is CCNC(=NCc1ccc(C)cc1OC)NCC(C)(C)CN(C)C.I. The third kappa shape index (κ3) is 9.30. The molecule has 0 aliphatic carbocycles. The lowest BCUT2D eigenvalue weighted by Crippen LogP contribution is -2.44. The maximum atomic E-state index is 5.46. The lowest BCUT2D eigenvalue weighted by Gasteiger charge is -2.29. The Morgan fingerprint density at radius 2 is 1.92 bits per heavy atom. The van der Waals surface area contributed by atoms with Crippen molar-refractivity contribution >= 4 is 29.9 Å². The van der Waals surface area contributed by atoms with E-state index in [0.29, 0.717) is 6.54 Å². The molecule has 0 radical (unpaired) electrons. The molecule has 0 aliphatic rings. The molecule has 0 heterocycles. The van der Waals surface area contributed by atoms with E-state index >= 15 is 0 Å². The van der Waals surface area contributed by atoms with Crippen LogP contribution in [0.3, 0.4) is 0 Å². The number of ether oxygens (including phenoxy) is 1. The van der Waals surface area contributed by atoms with Crippen molar-refractivity contribution in [2.24, 2.45) is 10.4 Å². The number of hydrogen-bond acceptors (Lipinski definition) is 3. The molecule has 2 N–H and O–H groups in total. The lowest BCUT2D eigenvalue weighted by molar-refractivity contribution is 0.241. The summed E-state index contributed by atoms with van der Waals surface area (Å²) in [6.45, 7) is 12.0. The van der Waals surface area contributed by atoms with E-state index in [-0.39, 0.29) is 29.4 Å². The van der Waals surface area contributed by atoms with Crippen molar-refractivity contribution in [2.45, 2.75) is 34.2 Å². The number of nitrogens with zero attached hydrogens (tertiary/aromatic N) is 2. The van der Waals surface area contributed by atoms with Gasteiger partial charge in [-0.25, -0.2) is 4.99 Å². The predicted molar refractivity (Wildman–Crippen MR) is 118 cm³/mol. The summed E-state index contributed by atoms with van der Waals surface area (Å²) < 4.78 is 5.46. The van der Waals surface area contributed by atoms with Gasteiger partial charge in [0.05, 0.1) is 13.7 Å². The number of aryl methyl sites for hydroxylation is 1. The normalized spacial score (nSPS) is 11.9. The molecule has 6 heteroatoms. The largest absolute Gasteiger partial charge is 0.496 e. The van der Waals surface area contributed by atoms with Crippen molar-refractivity contribution < 1.29 is 4.74 Å². The number of rotatable bonds is 8. The van der Waals surface area contributed by atoms with Crippen molar-refractivity contribution in [1.82, 2.24) is 15.5 Å². The first-order valence-corrected chi connectivity index (χ1v) is 8.58. The number of hydrogen-bond donors (Lipinski definition) is 2. The van der Waals surface area contributed by atoms with Gasteiger partial charge in [0.1, 0.15) is 5.75 Å². The molecule has 0 saturated carbocycles. The number of aliphatic imine (C=N–C) groups is 1. The number of nitrogens with one attached hydrogen (secondary N) is 2. The van der Waals surface area contributed by atoms with E-state index in [1.807, 2.05) is 6.07 Å². The van der Waals surface area contributed by atoms with Gasteiger partial charge in [-0.05, 0) is 45.0 Å². The number of halogens is 1. The molecule has 0 atom stereocenters. The summed E-state index contributed by atoms with van der Waals surface area (Å²) in [5.74, 6) is 1.73. The van der Waals surface area contributed by atoms with E-state index in [9.17, 15) is 0 Å². The second kappa shape index (κ2) is 11.6. The molecule has 0 fully saturated rings. The van der Waals surface area contributed by atoms with Crippen LogP contribution in [-0.4, -0.2) is 51.7 Å². The van der Waals surface area contributed by atoms with Crippen molar-refractivity contribution in [3.8, 4) is 5.75 Å². The Morgan fingerprint density at radius 3 is 2.48 bits per heavy atom. The highest BCUT2D eigenvalue weighted by Gasteiger charge is 2.19. The van der Waals surface area contributed by atoms with E-state index in [2.05, 4.69) is 69.5 Å². The van der Waals surface area contributed by atoms with Crippen LogP contribution >= 0.6 is 24.0 Å². The average Bonchev–Trinajstić information content (AvgIpc) is 2.49. The molecule has 0 bridgehead atoms. The van der Waals surface area contributed by atoms with Crippen LogP contribution in [0.15, 0.2) is 23.2 Å². The minimum atomic E-state index is 0. The molecule has 0 amide bonds. The first-order valence-electron chi connectivity index (χ1n) is 8.58. The molecular weight excluding hydrogens is 427 g/mol. The quantitative estimate of drug-likeness (QED) is 0.354. The van der Waals surface area contributed by atoms with Crippen LogP contribution < -0.4 is 15.4 Å². The van der Waals surface area contributed by atoms with Gasteiger partial charge in [-0.1, -0.05) is 26.0 Å². The van der Waals surface area contributed by atoms with Crippen molar-refractivity contribution in [3.05, 3.63) is 29.3 Å². The molecule has 0 aromatic heterocycles. The molecule has 25 heavy (non-hydrogen) atoms. The van der Waals surface area contributed by atoms with Crippen LogP contribution in [0.25, 0.3) is 0 Å². The van der Waals surface area contributed by atoms with Gasteiger partial charge in [-0.3, -0.25) is 0 Å². The highest BCUT2D eigenvalue weighted by atomic mass is 127. The second-order valence-corrected chi connectivity index (χ2v) is 7.27. The minimum absolute atomic E-state index is 0. The van der Waals surface area contributed by atoms with Gasteiger partial charge >= 0.3 is 0 Å². The monoisotopic (exact) mass is 462 g/mol. The van der Waals surface area contributed by atoms with Gasteiger partial charge in [0, 0.05) is 25.2 Å². The van der Waals surface area contributed by atoms with Gasteiger partial charge in [0.15, 0.2) is 5.96 Å². The number of methoxy groups -OCH3 is 1. The Bertz CT molecular complexity index is 544. The second-order valence-electron chi connectivity index (χ2n) is 7.27. The Kier molecular flexibility index (Phi) is 11.1. The van der Waals surface area contributed by atoms with Crippen LogP contribution in [0.4, 0.5) is 0 Å². The summed E-state index contributed by atoms with van der Waals surface area (Å²) in [5, 5.41) is 6.77. The van der Waals surface area contributed by atoms with E-state index in [0.717, 1.165) is 36.9 Å². The predicted octanol–water partition coefficient (Wildman–Crippen LogP) is 3.26. The number of guanidine groups is 1. The fraction of sp³-hybridized carbons (Fsp3) is 0.632. The maximum absolute atomic E-state index is 5.46. The third-order valence-electron chi connectivity index (χ3n) is 3.67. The Morgan fingerprint density at radius 1 is 1.24 bits per heavy atom. The fourth-order valence-electron chi connectivity index (χ4n) is 2.72. The van der Waals surface area contributed by atoms with Gasteiger partial charge in [-0.2, -0.15) is 0 Å². The summed E-state index contributed by atoms with van der Waals surface area (Å²) in [6, 6.07) is 6.22. The first kappa shape index (κ1) is 24.0. The Balaban J connectivity index is 0.00000576. The number of benzene rings is 1. The summed E-state index contributed by atoms with van der Waals surface area (Å²) >= 11 is 0. The topological polar surface area (TPSA) is 48.9 Å². The average molecular weight is 462 g/mol. The van der Waals surface area contributed by atoms with Gasteiger partial charge in [0.25, 0.3) is 0 Å². The molecule has 1 aromatic rings. The molecule has 1 rings (SSSR count). The van der Waals surface area contributed by atoms with E-state index in [4.69, 9.17) is 9.73 Å². The molecule has 0 saturated heterocycles. The zero-order valence-corrected chi connectivity index (χ0v) is 19.1. The molecule has 5 nitrogen and oxygen atoms in total. The van der Waals surface area contributed by atoms with Gasteiger partial charge in [-0.15, -0.1) is 24.0 Å². The van der Waals surface area contributed by atoms with E-state index in [1.54, 1.807) is 7.11 Å². The standard InChI is InChI=1S/C19H34N4O.HI/c1-8-20-18(22-13-19(3,4)14-23(5)6)21-12-16-10-9-15(2)11-17(16)24-7;/h9-11H,8,12-14H2,1-7H3,(H2,20,21,22);1H. The smallest absolute Gasteiger partial charge is 0.191 e. The van der Waals surface area contributed by atoms with E-state index in [1.165, 1.54) is 5.56 Å². The van der Waals surface area contributed by atoms with E-state index < -0.39 is 0 Å². The van der Waals surface area contributed by atoms with Gasteiger partial charge < -0.3 is 20.3 Å². The minimum Gasteiger partial charge on any atom is -0.496 e. The zero-order chi connectivity index (χ0) is 18.2. The zero-order valence-electron chi connectivity index (χ0n) is 16.8. The molecule has 0 unspecified atom stereocenters. The van der Waals surface area contributed by atoms with Crippen LogP contribution in [0.1, 0.15) is 31.9 Å². The highest BCUT2D eigenvalue weighted by Crippen LogP contribution is 2.20. The van der Waals surface area contributed by atoms with Crippen molar-refractivity contribution in [3.63, 3.8) is 0 Å². The summed E-state index contributed by atoms with van der Waals surface area (Å²) in [7, 11) is 5.91. The summed E-state index contributed by atoms with van der Waals surface area (Å²) in [6.07, 6.45) is 0. The Hall–Kier alpha value is -1.02. The molecule has 144 valence electrons. The van der Waals surface area contributed by atoms with Crippen LogP contribution in [0, 0.1) is 12.3 Å². The summed E-state index contributed by atoms with van der Waals surface area (Å²) in [5.41, 5.74) is 2.45. The lowest BCUT2D eigenvalue weighted by atomic mass is 9.93. The maximum Gasteiger partial charge on any atom is 0.191 e. The first-order chi connectivity index (χ1) is 11.3. The Labute approximate surface area is 170 Å².